The maximum absolute atomic E-state index is 6.11. The summed E-state index contributed by atoms with van der Waals surface area (Å²) >= 11 is 2.05. The lowest BCUT2D eigenvalue weighted by molar-refractivity contribution is -0.0104. The van der Waals surface area contributed by atoms with Crippen LogP contribution in [0.25, 0.3) is 0 Å². The van der Waals surface area contributed by atoms with Crippen molar-refractivity contribution >= 4 is 17.7 Å². The summed E-state index contributed by atoms with van der Waals surface area (Å²) in [5, 5.41) is 3.40. The first kappa shape index (κ1) is 15.4. The molecule has 0 aromatic heterocycles. The van der Waals surface area contributed by atoms with E-state index in [0.717, 1.165) is 32.8 Å². The zero-order chi connectivity index (χ0) is 14.5. The molecule has 3 rings (SSSR count). The van der Waals surface area contributed by atoms with Gasteiger partial charge in [-0.2, -0.15) is 11.8 Å². The van der Waals surface area contributed by atoms with E-state index in [0.29, 0.717) is 12.0 Å². The van der Waals surface area contributed by atoms with Crippen molar-refractivity contribution in [3.63, 3.8) is 0 Å². The van der Waals surface area contributed by atoms with Crippen molar-refractivity contribution in [2.75, 3.05) is 44.4 Å². The van der Waals surface area contributed by atoms with Gasteiger partial charge in [-0.1, -0.05) is 12.8 Å². The second kappa shape index (κ2) is 7.20. The van der Waals surface area contributed by atoms with E-state index in [1.54, 1.807) is 0 Å². The Bertz CT molecular complexity index is 359. The van der Waals surface area contributed by atoms with Crippen LogP contribution in [0.4, 0.5) is 0 Å². The van der Waals surface area contributed by atoms with Gasteiger partial charge in [0.2, 0.25) is 0 Å². The van der Waals surface area contributed by atoms with Gasteiger partial charge in [0.1, 0.15) is 0 Å². The van der Waals surface area contributed by atoms with Crippen LogP contribution < -0.4 is 11.1 Å². The molecule has 21 heavy (non-hydrogen) atoms. The lowest BCUT2D eigenvalue weighted by atomic mass is 9.96. The van der Waals surface area contributed by atoms with Crippen LogP contribution >= 0.6 is 11.8 Å². The number of morpholine rings is 1. The van der Waals surface area contributed by atoms with Crippen molar-refractivity contribution in [3.8, 4) is 0 Å². The average Bonchev–Trinajstić information content (AvgIpc) is 3.18. The minimum Gasteiger partial charge on any atom is -0.379 e. The van der Waals surface area contributed by atoms with Gasteiger partial charge < -0.3 is 15.8 Å². The number of nitrogens with zero attached hydrogens (tertiary/aromatic N) is 2. The smallest absolute Gasteiger partial charge is 0.188 e. The molecule has 3 N–H and O–H groups in total. The molecule has 0 radical (unpaired) electrons. The summed E-state index contributed by atoms with van der Waals surface area (Å²) in [5.74, 6) is 3.06. The third kappa shape index (κ3) is 3.85. The van der Waals surface area contributed by atoms with E-state index in [-0.39, 0.29) is 5.54 Å². The van der Waals surface area contributed by atoms with E-state index in [2.05, 4.69) is 10.2 Å². The average molecular weight is 312 g/mol. The Labute approximate surface area is 132 Å². The van der Waals surface area contributed by atoms with Gasteiger partial charge in [0.15, 0.2) is 5.96 Å². The first-order valence-corrected chi connectivity index (χ1v) is 9.41. The van der Waals surface area contributed by atoms with Crippen molar-refractivity contribution in [1.82, 2.24) is 10.2 Å². The van der Waals surface area contributed by atoms with E-state index in [9.17, 15) is 0 Å². The van der Waals surface area contributed by atoms with E-state index >= 15 is 0 Å². The topological polar surface area (TPSA) is 62.9 Å². The molecular formula is C15H28N4OS. The standard InChI is InChI=1S/C15H28N4OS/c16-14(18-13-3-1-2-4-13)17-11-15(5-10-21-12-15)19-6-8-20-9-7-19/h13H,1-12H2,(H3,16,17,18). The number of thioether (sulfide) groups is 1. The molecule has 1 atom stereocenters. The number of ether oxygens (including phenoxy) is 1. The van der Waals surface area contributed by atoms with Crippen LogP contribution in [0.3, 0.4) is 0 Å². The van der Waals surface area contributed by atoms with Crippen LogP contribution in [0, 0.1) is 0 Å². The summed E-state index contributed by atoms with van der Waals surface area (Å²) in [6, 6.07) is 0.547. The number of nitrogens with two attached hydrogens (primary N) is 1. The highest BCUT2D eigenvalue weighted by atomic mass is 32.2. The number of hydrogen-bond donors (Lipinski definition) is 2. The molecule has 0 aromatic rings. The van der Waals surface area contributed by atoms with Crippen molar-refractivity contribution < 1.29 is 4.74 Å². The summed E-state index contributed by atoms with van der Waals surface area (Å²) in [4.78, 5) is 7.29. The predicted octanol–water partition coefficient (Wildman–Crippen LogP) is 1.04. The minimum absolute atomic E-state index is 0.205. The maximum Gasteiger partial charge on any atom is 0.188 e. The third-order valence-electron chi connectivity index (χ3n) is 5.02. The Morgan fingerprint density at radius 1 is 1.33 bits per heavy atom. The summed E-state index contributed by atoms with van der Waals surface area (Å²) < 4.78 is 5.50. The van der Waals surface area contributed by atoms with Gasteiger partial charge in [0, 0.05) is 24.9 Å². The van der Waals surface area contributed by atoms with Gasteiger partial charge in [0.05, 0.1) is 25.3 Å². The number of nitrogens with one attached hydrogen (secondary N) is 1. The number of rotatable bonds is 4. The molecule has 6 heteroatoms. The molecule has 1 aliphatic carbocycles. The monoisotopic (exact) mass is 312 g/mol. The molecule has 3 aliphatic rings. The fourth-order valence-electron chi connectivity index (χ4n) is 3.67. The third-order valence-corrected chi connectivity index (χ3v) is 6.25. The molecule has 0 spiro atoms. The lowest BCUT2D eigenvalue weighted by Gasteiger charge is -2.42. The summed E-state index contributed by atoms with van der Waals surface area (Å²) in [7, 11) is 0. The minimum atomic E-state index is 0.205. The van der Waals surface area contributed by atoms with Crippen LogP contribution in [0.15, 0.2) is 4.99 Å². The van der Waals surface area contributed by atoms with Crippen LogP contribution in [0.2, 0.25) is 0 Å². The Hall–Kier alpha value is -0.460. The molecule has 1 unspecified atom stereocenters. The lowest BCUT2D eigenvalue weighted by Crippen LogP contribution is -2.56. The normalized spacial score (nSPS) is 32.7. The van der Waals surface area contributed by atoms with Gasteiger partial charge in [-0.3, -0.25) is 9.89 Å². The van der Waals surface area contributed by atoms with Gasteiger partial charge in [-0.15, -0.1) is 0 Å². The first-order valence-electron chi connectivity index (χ1n) is 8.26. The number of guanidine groups is 1. The fourth-order valence-corrected chi connectivity index (χ4v) is 5.13. The second-order valence-corrected chi connectivity index (χ2v) is 7.56. The second-order valence-electron chi connectivity index (χ2n) is 6.45. The first-order chi connectivity index (χ1) is 10.3. The molecule has 0 bridgehead atoms. The highest BCUT2D eigenvalue weighted by molar-refractivity contribution is 7.99. The van der Waals surface area contributed by atoms with Gasteiger partial charge in [-0.05, 0) is 25.0 Å². The molecule has 2 saturated heterocycles. The molecule has 2 heterocycles. The molecular weight excluding hydrogens is 284 g/mol. The SMILES string of the molecule is NC(=NCC1(N2CCOCC2)CCSC1)NC1CCCC1. The van der Waals surface area contributed by atoms with Crippen molar-refractivity contribution in [2.24, 2.45) is 10.7 Å². The number of aliphatic imine (C=N–C) groups is 1. The molecule has 120 valence electrons. The highest BCUT2D eigenvalue weighted by Gasteiger charge is 2.40. The van der Waals surface area contributed by atoms with Gasteiger partial charge in [0.25, 0.3) is 0 Å². The zero-order valence-corrected chi connectivity index (χ0v) is 13.7. The summed E-state index contributed by atoms with van der Waals surface area (Å²) in [5.41, 5.74) is 6.31. The van der Waals surface area contributed by atoms with E-state index < -0.39 is 0 Å². The zero-order valence-electron chi connectivity index (χ0n) is 12.9. The Morgan fingerprint density at radius 3 is 2.76 bits per heavy atom. The van der Waals surface area contributed by atoms with E-state index in [1.807, 2.05) is 11.8 Å². The van der Waals surface area contributed by atoms with Crippen molar-refractivity contribution in [1.29, 1.82) is 0 Å². The van der Waals surface area contributed by atoms with Gasteiger partial charge >= 0.3 is 0 Å². The predicted molar refractivity (Wildman–Crippen MR) is 88.9 cm³/mol. The van der Waals surface area contributed by atoms with E-state index in [4.69, 9.17) is 15.5 Å². The Kier molecular flexibility index (Phi) is 5.29. The molecule has 0 amide bonds. The molecule has 1 saturated carbocycles. The molecule has 3 fully saturated rings. The van der Waals surface area contributed by atoms with Crippen LogP contribution in [-0.2, 0) is 4.74 Å². The molecule has 5 nitrogen and oxygen atoms in total. The Balaban J connectivity index is 1.58. The Morgan fingerprint density at radius 2 is 2.10 bits per heavy atom. The van der Waals surface area contributed by atoms with Crippen molar-refractivity contribution in [3.05, 3.63) is 0 Å². The van der Waals surface area contributed by atoms with Crippen LogP contribution in [-0.4, -0.2) is 66.8 Å². The van der Waals surface area contributed by atoms with Crippen LogP contribution in [0.1, 0.15) is 32.1 Å². The number of hydrogen-bond acceptors (Lipinski definition) is 4. The summed E-state index contributed by atoms with van der Waals surface area (Å²) in [6.07, 6.45) is 6.33. The molecule has 0 aromatic carbocycles. The largest absolute Gasteiger partial charge is 0.379 e. The van der Waals surface area contributed by atoms with Crippen molar-refractivity contribution in [2.45, 2.75) is 43.7 Å². The highest BCUT2D eigenvalue weighted by Crippen LogP contribution is 2.34. The van der Waals surface area contributed by atoms with Crippen LogP contribution in [0.5, 0.6) is 0 Å². The molecule has 2 aliphatic heterocycles. The maximum atomic E-state index is 6.11. The van der Waals surface area contributed by atoms with Gasteiger partial charge in [-0.25, -0.2) is 0 Å². The van der Waals surface area contributed by atoms with E-state index in [1.165, 1.54) is 43.6 Å². The summed E-state index contributed by atoms with van der Waals surface area (Å²) in [6.45, 7) is 4.60. The fraction of sp³-hybridized carbons (Fsp3) is 0.933. The quantitative estimate of drug-likeness (QED) is 0.600.